The molecule has 1 aromatic heterocycles. The van der Waals surface area contributed by atoms with Crippen LogP contribution in [0.5, 0.6) is 23.0 Å². The van der Waals surface area contributed by atoms with Gasteiger partial charge in [0.2, 0.25) is 5.82 Å². The number of phenolic OH excluding ortho intramolecular Hbond substituents is 2. The van der Waals surface area contributed by atoms with Crippen molar-refractivity contribution in [3.05, 3.63) is 77.6 Å². The molecule has 1 amide bonds. The van der Waals surface area contributed by atoms with E-state index in [4.69, 9.17) is 15.2 Å². The van der Waals surface area contributed by atoms with Gasteiger partial charge in [-0.15, -0.1) is 10.2 Å². The summed E-state index contributed by atoms with van der Waals surface area (Å²) in [6, 6.07) is 17.4. The fraction of sp³-hybridized carbons (Fsp3) is 0.160. The van der Waals surface area contributed by atoms with Crippen LogP contribution in [0.2, 0.25) is 0 Å². The summed E-state index contributed by atoms with van der Waals surface area (Å²) < 4.78 is 12.1. The number of benzene rings is 3. The van der Waals surface area contributed by atoms with Gasteiger partial charge in [-0.3, -0.25) is 9.36 Å². The smallest absolute Gasteiger partial charge is 0.287 e. The molecule has 0 atom stereocenters. The second-order valence-electron chi connectivity index (χ2n) is 7.55. The third-order valence-corrected chi connectivity index (χ3v) is 5.51. The highest BCUT2D eigenvalue weighted by Gasteiger charge is 2.23. The van der Waals surface area contributed by atoms with Gasteiger partial charge in [-0.05, 0) is 60.4 Å². The highest BCUT2D eigenvalue weighted by atomic mass is 16.5. The summed E-state index contributed by atoms with van der Waals surface area (Å²) in [4.78, 5) is 12.0. The summed E-state index contributed by atoms with van der Waals surface area (Å²) in [7, 11) is 3.16. The van der Waals surface area contributed by atoms with Crippen LogP contribution in [0.25, 0.3) is 17.1 Å². The average molecular weight is 460 g/mol. The minimum absolute atomic E-state index is 0.0539. The van der Waals surface area contributed by atoms with E-state index in [-0.39, 0.29) is 23.1 Å². The van der Waals surface area contributed by atoms with E-state index < -0.39 is 5.91 Å². The molecule has 3 aromatic carbocycles. The zero-order valence-corrected chi connectivity index (χ0v) is 18.7. The average Bonchev–Trinajstić information content (AvgIpc) is 3.29. The van der Waals surface area contributed by atoms with Crippen LogP contribution >= 0.6 is 0 Å². The predicted octanol–water partition coefficient (Wildman–Crippen LogP) is 3.25. The van der Waals surface area contributed by atoms with Crippen LogP contribution in [0, 0.1) is 0 Å². The Morgan fingerprint density at radius 2 is 1.62 bits per heavy atom. The zero-order valence-electron chi connectivity index (χ0n) is 18.7. The number of carbonyl (C=O) groups excluding carboxylic acids is 1. The topological polar surface area (TPSA) is 133 Å². The lowest BCUT2D eigenvalue weighted by Crippen LogP contribution is -2.17. The predicted molar refractivity (Wildman–Crippen MR) is 126 cm³/mol. The van der Waals surface area contributed by atoms with Gasteiger partial charge in [0.1, 0.15) is 23.0 Å². The molecule has 0 spiro atoms. The molecule has 4 N–H and O–H groups in total. The monoisotopic (exact) mass is 460 g/mol. The first-order chi connectivity index (χ1) is 16.4. The van der Waals surface area contributed by atoms with Gasteiger partial charge in [0.15, 0.2) is 5.82 Å². The number of hydrogen-bond donors (Lipinski definition) is 3. The Balaban J connectivity index is 1.76. The molecule has 174 valence electrons. The number of aryl methyl sites for hydroxylation is 2. The molecule has 0 saturated carbocycles. The van der Waals surface area contributed by atoms with Crippen LogP contribution in [0.1, 0.15) is 21.7 Å². The lowest BCUT2D eigenvalue weighted by atomic mass is 10.00. The van der Waals surface area contributed by atoms with Gasteiger partial charge in [-0.1, -0.05) is 18.2 Å². The SMILES string of the molecule is COc1ccc(-n2c(C(N)=O)nnc2-c2cc(CCc3ccccc3OC)c(O)cc2O)cc1. The van der Waals surface area contributed by atoms with Crippen molar-refractivity contribution in [2.24, 2.45) is 5.73 Å². The van der Waals surface area contributed by atoms with E-state index in [1.165, 1.54) is 10.6 Å². The van der Waals surface area contributed by atoms with Crippen molar-refractivity contribution < 1.29 is 24.5 Å². The lowest BCUT2D eigenvalue weighted by Gasteiger charge is -2.14. The maximum Gasteiger partial charge on any atom is 0.287 e. The molecule has 34 heavy (non-hydrogen) atoms. The van der Waals surface area contributed by atoms with Crippen molar-refractivity contribution >= 4 is 5.91 Å². The highest BCUT2D eigenvalue weighted by molar-refractivity contribution is 5.91. The first-order valence-electron chi connectivity index (χ1n) is 10.5. The summed E-state index contributed by atoms with van der Waals surface area (Å²) in [5.41, 5.74) is 7.95. The molecule has 0 aliphatic rings. The zero-order chi connectivity index (χ0) is 24.2. The summed E-state index contributed by atoms with van der Waals surface area (Å²) >= 11 is 0. The van der Waals surface area contributed by atoms with Crippen LogP contribution in [0.4, 0.5) is 0 Å². The van der Waals surface area contributed by atoms with Crippen LogP contribution in [-0.2, 0) is 12.8 Å². The molecule has 0 aliphatic heterocycles. The molecular formula is C25H24N4O5. The van der Waals surface area contributed by atoms with Gasteiger partial charge in [-0.25, -0.2) is 0 Å². The number of nitrogens with two attached hydrogens (primary N) is 1. The highest BCUT2D eigenvalue weighted by Crippen LogP contribution is 2.36. The number of primary amides is 1. The Hall–Kier alpha value is -4.53. The number of aromatic hydroxyl groups is 2. The van der Waals surface area contributed by atoms with Gasteiger partial charge in [0.25, 0.3) is 5.91 Å². The van der Waals surface area contributed by atoms with E-state index in [9.17, 15) is 15.0 Å². The molecule has 4 aromatic rings. The number of nitrogens with zero attached hydrogens (tertiary/aromatic N) is 3. The van der Waals surface area contributed by atoms with Crippen LogP contribution in [0.15, 0.2) is 60.7 Å². The molecule has 0 saturated heterocycles. The van der Waals surface area contributed by atoms with Crippen LogP contribution in [0.3, 0.4) is 0 Å². The van der Waals surface area contributed by atoms with Crippen molar-refractivity contribution in [2.45, 2.75) is 12.8 Å². The second-order valence-corrected chi connectivity index (χ2v) is 7.55. The summed E-state index contributed by atoms with van der Waals surface area (Å²) in [6.45, 7) is 0. The van der Waals surface area contributed by atoms with Gasteiger partial charge in [-0.2, -0.15) is 0 Å². The van der Waals surface area contributed by atoms with Crippen molar-refractivity contribution in [3.63, 3.8) is 0 Å². The quantitative estimate of drug-likeness (QED) is 0.368. The normalized spacial score (nSPS) is 10.8. The van der Waals surface area contributed by atoms with E-state index in [1.54, 1.807) is 44.6 Å². The third-order valence-electron chi connectivity index (χ3n) is 5.51. The summed E-state index contributed by atoms with van der Waals surface area (Å²) in [6.07, 6.45) is 1.07. The third kappa shape index (κ3) is 4.36. The molecule has 0 bridgehead atoms. The van der Waals surface area contributed by atoms with Crippen LogP contribution in [-0.4, -0.2) is 45.1 Å². The van der Waals surface area contributed by atoms with E-state index in [0.717, 1.165) is 11.3 Å². The van der Waals surface area contributed by atoms with E-state index in [2.05, 4.69) is 10.2 Å². The number of rotatable bonds is 8. The Morgan fingerprint density at radius 1 is 0.912 bits per heavy atom. The van der Waals surface area contributed by atoms with E-state index >= 15 is 0 Å². The summed E-state index contributed by atoms with van der Waals surface area (Å²) in [5.74, 6) is 0.456. The Bertz CT molecular complexity index is 1330. The molecule has 4 rings (SSSR count). The van der Waals surface area contributed by atoms with Gasteiger partial charge in [0.05, 0.1) is 19.8 Å². The lowest BCUT2D eigenvalue weighted by molar-refractivity contribution is 0.0988. The number of methoxy groups -OCH3 is 2. The maximum atomic E-state index is 12.0. The minimum atomic E-state index is -0.774. The Morgan fingerprint density at radius 3 is 2.29 bits per heavy atom. The number of hydrogen-bond acceptors (Lipinski definition) is 7. The van der Waals surface area contributed by atoms with Crippen molar-refractivity contribution in [1.29, 1.82) is 0 Å². The number of amides is 1. The molecule has 9 nitrogen and oxygen atoms in total. The van der Waals surface area contributed by atoms with Crippen LogP contribution < -0.4 is 15.2 Å². The number of aromatic nitrogens is 3. The maximum absolute atomic E-state index is 12.0. The standard InChI is InChI=1S/C25H24N4O5/c1-33-18-11-9-17(10-12-18)29-24(27-28-25(29)23(26)32)19-13-16(20(30)14-21(19)31)8-7-15-5-3-4-6-22(15)34-2/h3-6,9-14,30-31H,7-8H2,1-2H3,(H2,26,32). The molecule has 1 heterocycles. The molecule has 0 unspecified atom stereocenters. The number of carbonyl (C=O) groups is 1. The van der Waals surface area contributed by atoms with Gasteiger partial charge in [0, 0.05) is 11.8 Å². The fourth-order valence-corrected chi connectivity index (χ4v) is 3.77. The Labute approximate surface area is 196 Å². The van der Waals surface area contributed by atoms with Gasteiger partial charge >= 0.3 is 0 Å². The minimum Gasteiger partial charge on any atom is -0.508 e. The molecule has 0 radical (unpaired) electrons. The van der Waals surface area contributed by atoms with Gasteiger partial charge < -0.3 is 25.4 Å². The van der Waals surface area contributed by atoms with E-state index in [1.807, 2.05) is 24.3 Å². The second kappa shape index (κ2) is 9.53. The summed E-state index contributed by atoms with van der Waals surface area (Å²) in [5, 5.41) is 29.2. The molecule has 0 aliphatic carbocycles. The fourth-order valence-electron chi connectivity index (χ4n) is 3.77. The number of phenols is 2. The van der Waals surface area contributed by atoms with Crippen molar-refractivity contribution in [1.82, 2.24) is 14.8 Å². The first kappa shape index (κ1) is 22.7. The number of ether oxygens (including phenoxy) is 2. The largest absolute Gasteiger partial charge is 0.508 e. The first-order valence-corrected chi connectivity index (χ1v) is 10.5. The molecular weight excluding hydrogens is 436 g/mol. The number of para-hydroxylation sites is 1. The Kier molecular flexibility index (Phi) is 6.35. The van der Waals surface area contributed by atoms with E-state index in [0.29, 0.717) is 35.4 Å². The van der Waals surface area contributed by atoms with Crippen molar-refractivity contribution in [2.75, 3.05) is 14.2 Å². The molecule has 0 fully saturated rings. The van der Waals surface area contributed by atoms with Crippen molar-refractivity contribution in [3.8, 4) is 40.1 Å². The molecule has 9 heteroatoms.